The van der Waals surface area contributed by atoms with Crippen LogP contribution in [0.3, 0.4) is 0 Å². The molecular formula is C24H19FO4. The van der Waals surface area contributed by atoms with Gasteiger partial charge in [0, 0.05) is 11.6 Å². The topological polar surface area (TPSA) is 63.6 Å². The lowest BCUT2D eigenvalue weighted by Gasteiger charge is -2.15. The normalized spacial score (nSPS) is 16.0. The van der Waals surface area contributed by atoms with Crippen LogP contribution in [0.25, 0.3) is 0 Å². The van der Waals surface area contributed by atoms with Crippen LogP contribution in [0.15, 0.2) is 78.6 Å². The van der Waals surface area contributed by atoms with E-state index in [1.807, 2.05) is 30.3 Å². The number of Topliss-reactive ketones (excluding diaryl/α,β-unsaturated/α-hetero) is 1. The zero-order chi connectivity index (χ0) is 20.6. The quantitative estimate of drug-likeness (QED) is 0.542. The molecule has 0 spiro atoms. The minimum absolute atomic E-state index is 0.262. The van der Waals surface area contributed by atoms with Crippen LogP contribution in [0.5, 0.6) is 0 Å². The van der Waals surface area contributed by atoms with Crippen molar-refractivity contribution in [1.82, 2.24) is 0 Å². The van der Waals surface area contributed by atoms with E-state index in [-0.39, 0.29) is 11.5 Å². The van der Waals surface area contributed by atoms with Crippen molar-refractivity contribution in [2.24, 2.45) is 5.92 Å². The summed E-state index contributed by atoms with van der Waals surface area (Å²) in [7, 11) is 0. The lowest BCUT2D eigenvalue weighted by Crippen LogP contribution is -2.24. The Labute approximate surface area is 168 Å². The van der Waals surface area contributed by atoms with Crippen molar-refractivity contribution >= 4 is 11.8 Å². The molecule has 2 aromatic rings. The summed E-state index contributed by atoms with van der Waals surface area (Å²) in [6.45, 7) is 0. The predicted octanol–water partition coefficient (Wildman–Crippen LogP) is 4.18. The number of halogens is 1. The molecule has 5 heteroatoms. The van der Waals surface area contributed by atoms with E-state index in [1.165, 1.54) is 36.4 Å². The highest BCUT2D eigenvalue weighted by molar-refractivity contribution is 6.00. The maximum atomic E-state index is 13.0. The zero-order valence-corrected chi connectivity index (χ0v) is 15.5. The van der Waals surface area contributed by atoms with Gasteiger partial charge in [0.15, 0.2) is 11.9 Å². The predicted molar refractivity (Wildman–Crippen MR) is 106 cm³/mol. The van der Waals surface area contributed by atoms with Crippen molar-refractivity contribution in [1.29, 1.82) is 0 Å². The molecule has 0 amide bonds. The Morgan fingerprint density at radius 2 is 1.83 bits per heavy atom. The molecule has 2 atom stereocenters. The van der Waals surface area contributed by atoms with Crippen LogP contribution in [-0.4, -0.2) is 23.0 Å². The van der Waals surface area contributed by atoms with Crippen molar-refractivity contribution < 1.29 is 23.8 Å². The second-order valence-electron chi connectivity index (χ2n) is 6.51. The Morgan fingerprint density at radius 1 is 1.10 bits per heavy atom. The first-order valence-electron chi connectivity index (χ1n) is 9.15. The van der Waals surface area contributed by atoms with E-state index in [0.717, 1.165) is 5.56 Å². The van der Waals surface area contributed by atoms with Gasteiger partial charge >= 0.3 is 5.97 Å². The lowest BCUT2D eigenvalue weighted by molar-refractivity contribution is -0.147. The molecule has 0 heterocycles. The number of ether oxygens (including phenoxy) is 1. The van der Waals surface area contributed by atoms with Crippen molar-refractivity contribution in [2.75, 3.05) is 0 Å². The number of ketones is 1. The van der Waals surface area contributed by atoms with Gasteiger partial charge in [-0.3, -0.25) is 4.79 Å². The number of hydrogen-bond acceptors (Lipinski definition) is 3. The van der Waals surface area contributed by atoms with Crippen LogP contribution < -0.4 is 0 Å². The monoisotopic (exact) mass is 390 g/mol. The van der Waals surface area contributed by atoms with E-state index in [4.69, 9.17) is 4.74 Å². The van der Waals surface area contributed by atoms with Crippen LogP contribution in [0.1, 0.15) is 22.3 Å². The third kappa shape index (κ3) is 5.66. The Morgan fingerprint density at radius 3 is 2.52 bits per heavy atom. The van der Waals surface area contributed by atoms with Gasteiger partial charge in [0.2, 0.25) is 0 Å². The summed E-state index contributed by atoms with van der Waals surface area (Å²) in [6.07, 6.45) is 4.39. The van der Waals surface area contributed by atoms with Gasteiger partial charge in [0.25, 0.3) is 0 Å². The fourth-order valence-electron chi connectivity index (χ4n) is 2.85. The van der Waals surface area contributed by atoms with Gasteiger partial charge in [-0.15, -0.1) is 0 Å². The number of carbonyl (C=O) groups is 2. The Balaban J connectivity index is 1.64. The molecule has 2 aromatic carbocycles. The highest BCUT2D eigenvalue weighted by Gasteiger charge is 2.21. The second kappa shape index (κ2) is 9.52. The van der Waals surface area contributed by atoms with Crippen LogP contribution in [0.2, 0.25) is 0 Å². The van der Waals surface area contributed by atoms with Crippen LogP contribution in [0.4, 0.5) is 4.39 Å². The fraction of sp³-hybridized carbons (Fsp3) is 0.167. The maximum Gasteiger partial charge on any atom is 0.344 e. The Kier molecular flexibility index (Phi) is 6.59. The zero-order valence-electron chi connectivity index (χ0n) is 15.5. The van der Waals surface area contributed by atoms with Gasteiger partial charge in [-0.05, 0) is 48.7 Å². The lowest BCUT2D eigenvalue weighted by atomic mass is 9.98. The summed E-state index contributed by atoms with van der Waals surface area (Å²) in [5.74, 6) is 3.36. The first-order valence-corrected chi connectivity index (χ1v) is 9.15. The number of carboxylic acids is 1. The highest BCUT2D eigenvalue weighted by Crippen LogP contribution is 2.17. The fourth-order valence-corrected chi connectivity index (χ4v) is 2.85. The van der Waals surface area contributed by atoms with Crippen molar-refractivity contribution in [3.63, 3.8) is 0 Å². The second-order valence-corrected chi connectivity index (χ2v) is 6.51. The van der Waals surface area contributed by atoms with E-state index in [0.29, 0.717) is 18.4 Å². The van der Waals surface area contributed by atoms with Gasteiger partial charge in [-0.1, -0.05) is 48.2 Å². The molecule has 4 nitrogen and oxygen atoms in total. The summed E-state index contributed by atoms with van der Waals surface area (Å²) in [6, 6.07) is 14.8. The first kappa shape index (κ1) is 20.1. The van der Waals surface area contributed by atoms with Gasteiger partial charge in [-0.2, -0.15) is 0 Å². The number of carboxylic acid groups (broad SMARTS) is 1. The number of carbonyl (C=O) groups excluding carboxylic acids is 1. The van der Waals surface area contributed by atoms with Gasteiger partial charge in [0.1, 0.15) is 17.5 Å². The van der Waals surface area contributed by atoms with Crippen molar-refractivity contribution in [3.05, 3.63) is 95.5 Å². The van der Waals surface area contributed by atoms with Gasteiger partial charge in [0.05, 0.1) is 0 Å². The summed E-state index contributed by atoms with van der Waals surface area (Å²) in [4.78, 5) is 24.1. The number of hydrogen-bond donors (Lipinski definition) is 1. The average Bonchev–Trinajstić information content (AvgIpc) is 2.97. The molecule has 0 saturated carbocycles. The molecule has 0 radical (unpaired) electrons. The van der Waals surface area contributed by atoms with Gasteiger partial charge < -0.3 is 9.84 Å². The van der Waals surface area contributed by atoms with E-state index in [1.54, 1.807) is 6.08 Å². The molecular weight excluding hydrogens is 371 g/mol. The summed E-state index contributed by atoms with van der Waals surface area (Å²) in [5.41, 5.74) is 1.38. The number of benzene rings is 2. The molecule has 0 aromatic heterocycles. The van der Waals surface area contributed by atoms with E-state index in [9.17, 15) is 19.1 Å². The largest absolute Gasteiger partial charge is 0.479 e. The number of aliphatic carboxylic acids is 1. The smallest absolute Gasteiger partial charge is 0.344 e. The molecule has 1 N–H and O–H groups in total. The number of allylic oxidation sites excluding steroid dienone is 3. The van der Waals surface area contributed by atoms with E-state index in [2.05, 4.69) is 11.8 Å². The molecule has 0 aliphatic heterocycles. The third-order valence-corrected chi connectivity index (χ3v) is 4.41. The van der Waals surface area contributed by atoms with E-state index >= 15 is 0 Å². The number of rotatable bonds is 8. The van der Waals surface area contributed by atoms with Gasteiger partial charge in [-0.25, -0.2) is 9.18 Å². The molecule has 0 fully saturated rings. The van der Waals surface area contributed by atoms with E-state index < -0.39 is 23.8 Å². The van der Waals surface area contributed by atoms with Crippen LogP contribution in [-0.2, 0) is 16.0 Å². The standard InChI is InChI=1S/C24H19FO4/c25-20-13-10-19(11-14-20)23(26)18-7-4-8-21(15-12-18)29-22(24(27)28)16-9-17-5-2-1-3-6-17/h1-3,5-6,8,10-15,18,22H,9,16H2,(H,27,28). The first-order chi connectivity index (χ1) is 14.0. The minimum Gasteiger partial charge on any atom is -0.479 e. The Bertz CT molecular complexity index is 995. The molecule has 0 saturated heterocycles. The molecule has 0 bridgehead atoms. The van der Waals surface area contributed by atoms with Crippen molar-refractivity contribution in [2.45, 2.75) is 18.9 Å². The minimum atomic E-state index is -1.06. The third-order valence-electron chi connectivity index (χ3n) is 4.41. The summed E-state index contributed by atoms with van der Waals surface area (Å²) < 4.78 is 18.7. The highest BCUT2D eigenvalue weighted by atomic mass is 19.1. The summed E-state index contributed by atoms with van der Waals surface area (Å²) >= 11 is 0. The van der Waals surface area contributed by atoms with Crippen LogP contribution >= 0.6 is 0 Å². The molecule has 1 aliphatic carbocycles. The molecule has 146 valence electrons. The Hall–Kier alpha value is -3.65. The molecule has 1 aliphatic rings. The average molecular weight is 390 g/mol. The maximum absolute atomic E-state index is 13.0. The summed E-state index contributed by atoms with van der Waals surface area (Å²) in [5, 5.41) is 9.47. The number of aryl methyl sites for hydroxylation is 1. The molecule has 2 unspecified atom stereocenters. The molecule has 3 rings (SSSR count). The van der Waals surface area contributed by atoms with Crippen LogP contribution in [0, 0.1) is 23.6 Å². The molecule has 29 heavy (non-hydrogen) atoms. The SMILES string of the molecule is O=C(c1ccc(F)cc1)C1C#CC=C(OC(CCc2ccccc2)C(=O)O)C=C1. The van der Waals surface area contributed by atoms with Crippen molar-refractivity contribution in [3.8, 4) is 11.8 Å².